The molecule has 0 amide bonds. The Kier molecular flexibility index (Phi) is 4.13. The van der Waals surface area contributed by atoms with Gasteiger partial charge in [0, 0.05) is 12.7 Å². The summed E-state index contributed by atoms with van der Waals surface area (Å²) in [4.78, 5) is 3.93. The van der Waals surface area contributed by atoms with E-state index in [0.29, 0.717) is 17.9 Å². The number of nitrogens with two attached hydrogens (primary N) is 1. The van der Waals surface area contributed by atoms with Crippen molar-refractivity contribution in [2.45, 2.75) is 12.3 Å². The minimum atomic E-state index is -3.45. The van der Waals surface area contributed by atoms with Crippen molar-refractivity contribution in [3.63, 3.8) is 0 Å². The van der Waals surface area contributed by atoms with Gasteiger partial charge >= 0.3 is 0 Å². The standard InChI is InChI=1S/C13H15N3O2S/c14-9-11-4-6-12(7-5-11)10-19(17,18)16-13-3-1-2-8-15-13/h1-8H,9-10,14H2,(H,15,16). The highest BCUT2D eigenvalue weighted by molar-refractivity contribution is 7.91. The van der Waals surface area contributed by atoms with E-state index >= 15 is 0 Å². The molecule has 0 aliphatic carbocycles. The van der Waals surface area contributed by atoms with Gasteiger partial charge in [-0.2, -0.15) is 0 Å². The Hall–Kier alpha value is -1.92. The molecule has 0 atom stereocenters. The topological polar surface area (TPSA) is 85.1 Å². The van der Waals surface area contributed by atoms with Gasteiger partial charge in [-0.25, -0.2) is 13.4 Å². The van der Waals surface area contributed by atoms with Crippen molar-refractivity contribution in [2.75, 3.05) is 4.72 Å². The van der Waals surface area contributed by atoms with Crippen LogP contribution in [0, 0.1) is 0 Å². The Morgan fingerprint density at radius 2 is 1.74 bits per heavy atom. The second kappa shape index (κ2) is 5.81. The van der Waals surface area contributed by atoms with Gasteiger partial charge in [-0.1, -0.05) is 30.3 Å². The Labute approximate surface area is 112 Å². The highest BCUT2D eigenvalue weighted by Crippen LogP contribution is 2.11. The van der Waals surface area contributed by atoms with Gasteiger partial charge in [0.15, 0.2) is 0 Å². The van der Waals surface area contributed by atoms with E-state index in [1.165, 1.54) is 6.20 Å². The summed E-state index contributed by atoms with van der Waals surface area (Å²) >= 11 is 0. The predicted octanol–water partition coefficient (Wildman–Crippen LogP) is 1.48. The molecule has 1 heterocycles. The lowest BCUT2D eigenvalue weighted by Gasteiger charge is -2.07. The second-order valence-corrected chi connectivity index (χ2v) is 5.82. The first-order valence-electron chi connectivity index (χ1n) is 5.78. The number of benzene rings is 1. The number of hydrogen-bond acceptors (Lipinski definition) is 4. The van der Waals surface area contributed by atoms with Crippen molar-refractivity contribution in [1.82, 2.24) is 4.98 Å². The first-order valence-corrected chi connectivity index (χ1v) is 7.44. The number of pyridine rings is 1. The van der Waals surface area contributed by atoms with Crippen LogP contribution in [-0.2, 0) is 22.3 Å². The molecule has 0 radical (unpaired) electrons. The molecule has 1 aromatic carbocycles. The quantitative estimate of drug-likeness (QED) is 0.867. The molecule has 2 rings (SSSR count). The van der Waals surface area contributed by atoms with Crippen LogP contribution in [0.5, 0.6) is 0 Å². The van der Waals surface area contributed by atoms with Gasteiger partial charge in [-0.05, 0) is 23.3 Å². The molecule has 0 aliphatic rings. The zero-order valence-electron chi connectivity index (χ0n) is 10.3. The molecule has 0 saturated carbocycles. The lowest BCUT2D eigenvalue weighted by atomic mass is 10.1. The first-order chi connectivity index (χ1) is 9.09. The van der Waals surface area contributed by atoms with Crippen molar-refractivity contribution in [1.29, 1.82) is 0 Å². The van der Waals surface area contributed by atoms with Crippen LogP contribution in [0.4, 0.5) is 5.82 Å². The van der Waals surface area contributed by atoms with Crippen molar-refractivity contribution in [3.8, 4) is 0 Å². The van der Waals surface area contributed by atoms with Crippen LogP contribution in [0.3, 0.4) is 0 Å². The summed E-state index contributed by atoms with van der Waals surface area (Å²) in [5.74, 6) is 0.232. The van der Waals surface area contributed by atoms with Crippen molar-refractivity contribution >= 4 is 15.8 Å². The molecule has 19 heavy (non-hydrogen) atoms. The van der Waals surface area contributed by atoms with Gasteiger partial charge in [0.05, 0.1) is 5.75 Å². The molecular formula is C13H15N3O2S. The fourth-order valence-corrected chi connectivity index (χ4v) is 2.75. The summed E-state index contributed by atoms with van der Waals surface area (Å²) in [6.45, 7) is 0.444. The molecule has 100 valence electrons. The van der Waals surface area contributed by atoms with Crippen LogP contribution in [0.1, 0.15) is 11.1 Å². The largest absolute Gasteiger partial charge is 0.326 e. The molecule has 0 saturated heterocycles. The summed E-state index contributed by atoms with van der Waals surface area (Å²) < 4.78 is 26.3. The van der Waals surface area contributed by atoms with Crippen molar-refractivity contribution < 1.29 is 8.42 Å². The van der Waals surface area contributed by atoms with E-state index in [1.54, 1.807) is 30.3 Å². The average Bonchev–Trinajstić information content (AvgIpc) is 2.39. The number of sulfonamides is 1. The van der Waals surface area contributed by atoms with Crippen LogP contribution in [-0.4, -0.2) is 13.4 Å². The predicted molar refractivity (Wildman–Crippen MR) is 74.8 cm³/mol. The molecular weight excluding hydrogens is 262 g/mol. The smallest absolute Gasteiger partial charge is 0.238 e. The van der Waals surface area contributed by atoms with Crippen LogP contribution in [0.2, 0.25) is 0 Å². The van der Waals surface area contributed by atoms with Crippen LogP contribution >= 0.6 is 0 Å². The fourth-order valence-electron chi connectivity index (χ4n) is 1.61. The molecule has 0 fully saturated rings. The number of nitrogens with one attached hydrogen (secondary N) is 1. The van der Waals surface area contributed by atoms with Gasteiger partial charge in [-0.15, -0.1) is 0 Å². The molecule has 0 unspecified atom stereocenters. The number of anilines is 1. The summed E-state index contributed by atoms with van der Waals surface area (Å²) in [7, 11) is -3.45. The third-order valence-electron chi connectivity index (χ3n) is 2.54. The summed E-state index contributed by atoms with van der Waals surface area (Å²) in [5, 5.41) is 0. The minimum Gasteiger partial charge on any atom is -0.326 e. The maximum Gasteiger partial charge on any atom is 0.238 e. The molecule has 3 N–H and O–H groups in total. The molecule has 1 aromatic heterocycles. The lowest BCUT2D eigenvalue weighted by Crippen LogP contribution is -2.15. The van der Waals surface area contributed by atoms with E-state index in [4.69, 9.17) is 5.73 Å². The number of aromatic nitrogens is 1. The molecule has 5 nitrogen and oxygen atoms in total. The normalized spacial score (nSPS) is 11.2. The van der Waals surface area contributed by atoms with Gasteiger partial charge in [0.2, 0.25) is 10.0 Å². The van der Waals surface area contributed by atoms with E-state index in [1.807, 2.05) is 12.1 Å². The summed E-state index contributed by atoms with van der Waals surface area (Å²) in [6, 6.07) is 12.2. The Bertz CT molecular complexity index is 625. The SMILES string of the molecule is NCc1ccc(CS(=O)(=O)Nc2ccccn2)cc1. The van der Waals surface area contributed by atoms with E-state index in [0.717, 1.165) is 5.56 Å². The van der Waals surface area contributed by atoms with Crippen LogP contribution in [0.15, 0.2) is 48.7 Å². The maximum absolute atomic E-state index is 11.9. The van der Waals surface area contributed by atoms with Gasteiger partial charge in [-0.3, -0.25) is 4.72 Å². The average molecular weight is 277 g/mol. The fraction of sp³-hybridized carbons (Fsp3) is 0.154. The zero-order valence-corrected chi connectivity index (χ0v) is 11.1. The monoisotopic (exact) mass is 277 g/mol. The Morgan fingerprint density at radius 3 is 2.32 bits per heavy atom. The number of nitrogens with zero attached hydrogens (tertiary/aromatic N) is 1. The minimum absolute atomic E-state index is 0.0889. The molecule has 6 heteroatoms. The molecule has 2 aromatic rings. The number of rotatable bonds is 5. The maximum atomic E-state index is 11.9. The van der Waals surface area contributed by atoms with Gasteiger partial charge in [0.1, 0.15) is 5.82 Å². The van der Waals surface area contributed by atoms with E-state index < -0.39 is 10.0 Å². The summed E-state index contributed by atoms with van der Waals surface area (Å²) in [6.07, 6.45) is 1.54. The third-order valence-corrected chi connectivity index (χ3v) is 3.77. The highest BCUT2D eigenvalue weighted by Gasteiger charge is 2.12. The summed E-state index contributed by atoms with van der Waals surface area (Å²) in [5.41, 5.74) is 7.17. The van der Waals surface area contributed by atoms with E-state index in [9.17, 15) is 8.42 Å². The van der Waals surface area contributed by atoms with E-state index in [2.05, 4.69) is 9.71 Å². The number of hydrogen-bond donors (Lipinski definition) is 2. The van der Waals surface area contributed by atoms with Crippen molar-refractivity contribution in [3.05, 3.63) is 59.8 Å². The Morgan fingerprint density at radius 1 is 1.05 bits per heavy atom. The Balaban J connectivity index is 2.08. The second-order valence-electron chi connectivity index (χ2n) is 4.10. The molecule has 0 bridgehead atoms. The van der Waals surface area contributed by atoms with Crippen LogP contribution in [0.25, 0.3) is 0 Å². The van der Waals surface area contributed by atoms with E-state index in [-0.39, 0.29) is 5.75 Å². The lowest BCUT2D eigenvalue weighted by molar-refractivity contribution is 0.600. The van der Waals surface area contributed by atoms with Gasteiger partial charge < -0.3 is 5.73 Å². The highest BCUT2D eigenvalue weighted by atomic mass is 32.2. The van der Waals surface area contributed by atoms with Crippen molar-refractivity contribution in [2.24, 2.45) is 5.73 Å². The molecule has 0 aliphatic heterocycles. The van der Waals surface area contributed by atoms with Gasteiger partial charge in [0.25, 0.3) is 0 Å². The third kappa shape index (κ3) is 4.04. The van der Waals surface area contributed by atoms with Crippen LogP contribution < -0.4 is 10.5 Å². The first kappa shape index (κ1) is 13.5. The molecule has 0 spiro atoms. The zero-order chi connectivity index (χ0) is 13.7.